The van der Waals surface area contributed by atoms with Gasteiger partial charge in [-0.3, -0.25) is 0 Å². The normalized spacial score (nSPS) is 13.1. The van der Waals surface area contributed by atoms with Crippen molar-refractivity contribution in [2.45, 2.75) is 19.9 Å². The fourth-order valence-corrected chi connectivity index (χ4v) is 1.11. The Hall–Kier alpha value is -1.62. The summed E-state index contributed by atoms with van der Waals surface area (Å²) >= 11 is 0. The van der Waals surface area contributed by atoms with Crippen LogP contribution in [0, 0.1) is 6.92 Å². The molecule has 5 heteroatoms. The maximum Gasteiger partial charge on any atom is 0.243 e. The van der Waals surface area contributed by atoms with E-state index in [1.54, 1.807) is 13.2 Å². The number of nitrogens with zero attached hydrogens (tertiary/aromatic N) is 2. The maximum atomic E-state index is 5.59. The van der Waals surface area contributed by atoms with Crippen LogP contribution in [0.4, 0.5) is 0 Å². The number of nitrogens with two attached hydrogens (primary N) is 1. The van der Waals surface area contributed by atoms with Crippen LogP contribution in [0.5, 0.6) is 0 Å². The van der Waals surface area contributed by atoms with Crippen molar-refractivity contribution in [2.24, 2.45) is 5.73 Å². The van der Waals surface area contributed by atoms with E-state index in [1.807, 2.05) is 13.0 Å². The Kier molecular flexibility index (Phi) is 2.09. The molecule has 2 aromatic rings. The topological polar surface area (TPSA) is 78.1 Å². The van der Waals surface area contributed by atoms with Crippen molar-refractivity contribution in [3.63, 3.8) is 0 Å². The average Bonchev–Trinajstić information content (AvgIpc) is 2.71. The van der Waals surface area contributed by atoms with Crippen LogP contribution in [0.3, 0.4) is 0 Å². The third kappa shape index (κ3) is 1.42. The minimum Gasteiger partial charge on any atom is -0.461 e. The molecule has 0 unspecified atom stereocenters. The molecule has 0 saturated carbocycles. The van der Waals surface area contributed by atoms with Gasteiger partial charge in [-0.05, 0) is 25.5 Å². The first-order valence-electron chi connectivity index (χ1n) is 4.32. The lowest BCUT2D eigenvalue weighted by atomic mass is 10.3. The molecule has 14 heavy (non-hydrogen) atoms. The van der Waals surface area contributed by atoms with Crippen molar-refractivity contribution in [2.75, 3.05) is 0 Å². The molecular formula is C9H11N3O2. The molecule has 0 amide bonds. The van der Waals surface area contributed by atoms with Gasteiger partial charge in [0.05, 0.1) is 12.3 Å². The first-order chi connectivity index (χ1) is 6.68. The lowest BCUT2D eigenvalue weighted by Crippen LogP contribution is -2.04. The Morgan fingerprint density at radius 3 is 2.79 bits per heavy atom. The first kappa shape index (κ1) is 8.96. The van der Waals surface area contributed by atoms with Crippen molar-refractivity contribution < 1.29 is 8.94 Å². The zero-order valence-corrected chi connectivity index (χ0v) is 8.02. The quantitative estimate of drug-likeness (QED) is 0.784. The summed E-state index contributed by atoms with van der Waals surface area (Å²) in [5, 5.41) is 3.78. The van der Waals surface area contributed by atoms with Crippen molar-refractivity contribution in [1.29, 1.82) is 0 Å². The van der Waals surface area contributed by atoms with E-state index < -0.39 is 0 Å². The van der Waals surface area contributed by atoms with Gasteiger partial charge < -0.3 is 14.7 Å². The molecule has 0 saturated heterocycles. The van der Waals surface area contributed by atoms with E-state index in [2.05, 4.69) is 10.1 Å². The summed E-state index contributed by atoms with van der Waals surface area (Å²) in [6.07, 6.45) is 1.59. The fourth-order valence-electron chi connectivity index (χ4n) is 1.11. The molecule has 2 rings (SSSR count). The Morgan fingerprint density at radius 1 is 1.50 bits per heavy atom. The Bertz CT molecular complexity index is 431. The summed E-state index contributed by atoms with van der Waals surface area (Å²) in [6, 6.07) is 1.59. The molecule has 5 nitrogen and oxygen atoms in total. The zero-order valence-electron chi connectivity index (χ0n) is 8.02. The Labute approximate surface area is 80.9 Å². The molecule has 1 atom stereocenters. The predicted molar refractivity (Wildman–Crippen MR) is 49.3 cm³/mol. The highest BCUT2D eigenvalue weighted by atomic mass is 16.5. The summed E-state index contributed by atoms with van der Waals surface area (Å²) in [4.78, 5) is 4.12. The summed E-state index contributed by atoms with van der Waals surface area (Å²) in [5.74, 6) is 1.48. The van der Waals surface area contributed by atoms with E-state index in [0.29, 0.717) is 17.5 Å². The second-order valence-electron chi connectivity index (χ2n) is 3.18. The number of aryl methyl sites for hydroxylation is 1. The lowest BCUT2D eigenvalue weighted by Gasteiger charge is -1.92. The molecular weight excluding hydrogens is 182 g/mol. The van der Waals surface area contributed by atoms with Gasteiger partial charge in [-0.2, -0.15) is 4.98 Å². The molecule has 0 aliphatic heterocycles. The number of rotatable bonds is 2. The van der Waals surface area contributed by atoms with Crippen LogP contribution in [0.15, 0.2) is 21.3 Å². The Balaban J connectivity index is 2.39. The smallest absolute Gasteiger partial charge is 0.243 e. The molecule has 0 radical (unpaired) electrons. The lowest BCUT2D eigenvalue weighted by molar-refractivity contribution is 0.361. The third-order valence-electron chi connectivity index (χ3n) is 1.90. The molecule has 2 heterocycles. The van der Waals surface area contributed by atoms with E-state index in [0.717, 1.165) is 5.56 Å². The highest BCUT2D eigenvalue weighted by Crippen LogP contribution is 2.22. The van der Waals surface area contributed by atoms with Gasteiger partial charge in [0.2, 0.25) is 11.7 Å². The maximum absolute atomic E-state index is 5.59. The average molecular weight is 193 g/mol. The highest BCUT2D eigenvalue weighted by Gasteiger charge is 2.15. The van der Waals surface area contributed by atoms with Gasteiger partial charge in [-0.15, -0.1) is 0 Å². The summed E-state index contributed by atoms with van der Waals surface area (Å²) in [5.41, 5.74) is 6.57. The summed E-state index contributed by atoms with van der Waals surface area (Å²) in [6.45, 7) is 3.70. The van der Waals surface area contributed by atoms with Crippen LogP contribution in [-0.2, 0) is 0 Å². The van der Waals surface area contributed by atoms with Crippen LogP contribution < -0.4 is 5.73 Å². The van der Waals surface area contributed by atoms with Gasteiger partial charge in [-0.25, -0.2) is 0 Å². The molecule has 0 aliphatic carbocycles. The van der Waals surface area contributed by atoms with E-state index in [4.69, 9.17) is 14.7 Å². The van der Waals surface area contributed by atoms with E-state index in [9.17, 15) is 0 Å². The highest BCUT2D eigenvalue weighted by molar-refractivity contribution is 5.50. The van der Waals surface area contributed by atoms with E-state index in [1.165, 1.54) is 0 Å². The number of aromatic nitrogens is 2. The van der Waals surface area contributed by atoms with E-state index >= 15 is 0 Å². The molecule has 0 spiro atoms. The molecule has 2 aromatic heterocycles. The van der Waals surface area contributed by atoms with Gasteiger partial charge in [0.1, 0.15) is 0 Å². The second-order valence-corrected chi connectivity index (χ2v) is 3.18. The standard InChI is InChI=1S/C9H11N3O2/c1-5-3-4-13-7(5)8-11-9(6(2)10)14-12-8/h3-4,6H,10H2,1-2H3/t6-/m1/s1. The van der Waals surface area contributed by atoms with Crippen molar-refractivity contribution in [3.05, 3.63) is 23.8 Å². The van der Waals surface area contributed by atoms with Crippen molar-refractivity contribution in [3.8, 4) is 11.6 Å². The van der Waals surface area contributed by atoms with Crippen LogP contribution in [0.25, 0.3) is 11.6 Å². The Morgan fingerprint density at radius 2 is 2.29 bits per heavy atom. The van der Waals surface area contributed by atoms with Crippen molar-refractivity contribution in [1.82, 2.24) is 10.1 Å². The fraction of sp³-hybridized carbons (Fsp3) is 0.333. The summed E-state index contributed by atoms with van der Waals surface area (Å²) < 4.78 is 10.2. The molecule has 2 N–H and O–H groups in total. The molecule has 0 aromatic carbocycles. The summed E-state index contributed by atoms with van der Waals surface area (Å²) in [7, 11) is 0. The number of hydrogen-bond donors (Lipinski definition) is 1. The monoisotopic (exact) mass is 193 g/mol. The van der Waals surface area contributed by atoms with E-state index in [-0.39, 0.29) is 6.04 Å². The minimum atomic E-state index is -0.258. The zero-order chi connectivity index (χ0) is 10.1. The SMILES string of the molecule is Cc1ccoc1-c1noc([C@@H](C)N)n1. The largest absolute Gasteiger partial charge is 0.461 e. The second kappa shape index (κ2) is 3.26. The molecule has 0 fully saturated rings. The predicted octanol–water partition coefficient (Wildman–Crippen LogP) is 1.66. The van der Waals surface area contributed by atoms with Gasteiger partial charge >= 0.3 is 0 Å². The van der Waals surface area contributed by atoms with Gasteiger partial charge in [0.25, 0.3) is 0 Å². The van der Waals surface area contributed by atoms with Crippen LogP contribution >= 0.6 is 0 Å². The van der Waals surface area contributed by atoms with Gasteiger partial charge in [0.15, 0.2) is 5.76 Å². The molecule has 0 bridgehead atoms. The van der Waals surface area contributed by atoms with Gasteiger partial charge in [-0.1, -0.05) is 5.16 Å². The van der Waals surface area contributed by atoms with Crippen molar-refractivity contribution >= 4 is 0 Å². The molecule has 0 aliphatic rings. The van der Waals surface area contributed by atoms with Gasteiger partial charge in [0, 0.05) is 0 Å². The number of hydrogen-bond acceptors (Lipinski definition) is 5. The molecule has 74 valence electrons. The van der Waals surface area contributed by atoms with Crippen LogP contribution in [0.1, 0.15) is 24.4 Å². The van der Waals surface area contributed by atoms with Crippen LogP contribution in [0.2, 0.25) is 0 Å². The third-order valence-corrected chi connectivity index (χ3v) is 1.90. The van der Waals surface area contributed by atoms with Crippen LogP contribution in [-0.4, -0.2) is 10.1 Å². The first-order valence-corrected chi connectivity index (χ1v) is 4.32. The number of furan rings is 1. The minimum absolute atomic E-state index is 0.258.